The number of nitrogens with two attached hydrogens (primary N) is 3. The van der Waals surface area contributed by atoms with Crippen LogP contribution in [0.4, 0.5) is 9.39 Å². The number of aryl methyl sites for hydroxylation is 1. The number of benzene rings is 1. The second kappa shape index (κ2) is 9.88. The number of nitrogens with one attached hydrogen (secondary N) is 1. The van der Waals surface area contributed by atoms with Gasteiger partial charge in [-0.05, 0) is 38.3 Å². The lowest BCUT2D eigenvalue weighted by atomic mass is 10.1. The third-order valence-electron chi connectivity index (χ3n) is 5.16. The molecular weight excluding hydrogens is 417 g/mol. The first-order valence-corrected chi connectivity index (χ1v) is 10.9. The number of aromatic nitrogens is 1. The standard InChI is InChI=1S/C21H28FN7OS/c1-12-5-6-15(22)14(10-12)21-28-17(18(25)31-21)20(30)27-16(11-23)19(26-2)29-8-3-4-13(24)7-9-29/h5-6,10-11,13H,3-4,7-9,23-25H2,1-2H3,(H,27,30)/b16-11+,26-19?. The number of carbonyl (C=O) groups is 1. The second-order valence-electron chi connectivity index (χ2n) is 7.47. The predicted octanol–water partition coefficient (Wildman–Crippen LogP) is 2.21. The van der Waals surface area contributed by atoms with Gasteiger partial charge in [-0.2, -0.15) is 0 Å². The Labute approximate surface area is 185 Å². The van der Waals surface area contributed by atoms with Gasteiger partial charge < -0.3 is 27.4 Å². The molecule has 0 aliphatic carbocycles. The molecule has 0 spiro atoms. The van der Waals surface area contributed by atoms with E-state index >= 15 is 0 Å². The fourth-order valence-corrected chi connectivity index (χ4v) is 4.38. The number of hydrogen-bond acceptors (Lipinski definition) is 7. The van der Waals surface area contributed by atoms with E-state index in [4.69, 9.17) is 17.2 Å². The number of nitrogen functional groups attached to an aromatic ring is 1. The number of aliphatic imine (C=N–C) groups is 1. The van der Waals surface area contributed by atoms with Gasteiger partial charge in [-0.25, -0.2) is 9.37 Å². The third kappa shape index (κ3) is 5.20. The molecule has 1 aliphatic heterocycles. The van der Waals surface area contributed by atoms with Gasteiger partial charge in [0, 0.05) is 37.9 Å². The van der Waals surface area contributed by atoms with Gasteiger partial charge >= 0.3 is 0 Å². The number of hydrogen-bond donors (Lipinski definition) is 4. The van der Waals surface area contributed by atoms with Gasteiger partial charge in [0.25, 0.3) is 5.91 Å². The monoisotopic (exact) mass is 445 g/mol. The molecule has 2 heterocycles. The quantitative estimate of drug-likeness (QED) is 0.421. The molecule has 2 aromatic rings. The first kappa shape index (κ1) is 22.7. The molecule has 31 heavy (non-hydrogen) atoms. The molecule has 0 saturated carbocycles. The third-order valence-corrected chi connectivity index (χ3v) is 6.08. The normalized spacial score (nSPS) is 18.1. The summed E-state index contributed by atoms with van der Waals surface area (Å²) < 4.78 is 14.2. The zero-order chi connectivity index (χ0) is 22.5. The van der Waals surface area contributed by atoms with Crippen LogP contribution in [0.1, 0.15) is 35.3 Å². The molecule has 7 N–H and O–H groups in total. The van der Waals surface area contributed by atoms with Crippen LogP contribution < -0.4 is 22.5 Å². The molecule has 1 unspecified atom stereocenters. The summed E-state index contributed by atoms with van der Waals surface area (Å²) in [5.41, 5.74) is 19.5. The van der Waals surface area contributed by atoms with Crippen molar-refractivity contribution in [2.75, 3.05) is 25.9 Å². The van der Waals surface area contributed by atoms with E-state index in [1.165, 1.54) is 12.3 Å². The number of nitrogens with zero attached hydrogens (tertiary/aromatic N) is 3. The van der Waals surface area contributed by atoms with E-state index in [1.807, 2.05) is 6.92 Å². The number of thiazole rings is 1. The largest absolute Gasteiger partial charge is 0.403 e. The van der Waals surface area contributed by atoms with Crippen LogP contribution >= 0.6 is 11.3 Å². The summed E-state index contributed by atoms with van der Waals surface area (Å²) in [5, 5.41) is 3.29. The summed E-state index contributed by atoms with van der Waals surface area (Å²) in [6.45, 7) is 3.34. The first-order valence-electron chi connectivity index (χ1n) is 10.1. The molecule has 1 fully saturated rings. The Morgan fingerprint density at radius 2 is 2.16 bits per heavy atom. The van der Waals surface area contributed by atoms with E-state index < -0.39 is 11.7 Å². The second-order valence-corrected chi connectivity index (χ2v) is 8.51. The molecule has 10 heteroatoms. The smallest absolute Gasteiger partial charge is 0.277 e. The molecule has 1 aromatic heterocycles. The Morgan fingerprint density at radius 3 is 2.87 bits per heavy atom. The molecule has 1 aliphatic rings. The van der Waals surface area contributed by atoms with Crippen molar-refractivity contribution in [2.24, 2.45) is 16.5 Å². The van der Waals surface area contributed by atoms with Crippen LogP contribution in [-0.2, 0) is 0 Å². The highest BCUT2D eigenvalue weighted by molar-refractivity contribution is 7.19. The molecule has 1 aromatic carbocycles. The molecule has 1 saturated heterocycles. The lowest BCUT2D eigenvalue weighted by molar-refractivity contribution is 0.0964. The minimum atomic E-state index is -0.530. The van der Waals surface area contributed by atoms with E-state index in [0.29, 0.717) is 22.1 Å². The highest BCUT2D eigenvalue weighted by Gasteiger charge is 2.24. The Morgan fingerprint density at radius 1 is 1.39 bits per heavy atom. The minimum Gasteiger partial charge on any atom is -0.403 e. The summed E-state index contributed by atoms with van der Waals surface area (Å²) in [7, 11) is 1.64. The summed E-state index contributed by atoms with van der Waals surface area (Å²) in [6, 6.07) is 4.86. The number of likely N-dealkylation sites (tertiary alicyclic amines) is 1. The maximum atomic E-state index is 14.2. The Kier molecular flexibility index (Phi) is 7.24. The molecule has 1 amide bonds. The first-order chi connectivity index (χ1) is 14.8. The molecule has 166 valence electrons. The predicted molar refractivity (Wildman–Crippen MR) is 123 cm³/mol. The fraction of sp³-hybridized carbons (Fsp3) is 0.381. The van der Waals surface area contributed by atoms with Crippen LogP contribution in [0.25, 0.3) is 10.6 Å². The van der Waals surface area contributed by atoms with E-state index in [2.05, 4.69) is 20.2 Å². The van der Waals surface area contributed by atoms with Crippen molar-refractivity contribution in [1.82, 2.24) is 15.2 Å². The summed E-state index contributed by atoms with van der Waals surface area (Å²) in [4.78, 5) is 23.6. The minimum absolute atomic E-state index is 0.0218. The maximum absolute atomic E-state index is 14.2. The van der Waals surface area contributed by atoms with Crippen molar-refractivity contribution in [3.8, 4) is 10.6 Å². The topological polar surface area (TPSA) is 136 Å². The maximum Gasteiger partial charge on any atom is 0.277 e. The highest BCUT2D eigenvalue weighted by atomic mass is 32.1. The van der Waals surface area contributed by atoms with Gasteiger partial charge in [-0.3, -0.25) is 9.79 Å². The number of anilines is 1. The van der Waals surface area contributed by atoms with Crippen LogP contribution in [0.2, 0.25) is 0 Å². The molecule has 0 bridgehead atoms. The van der Waals surface area contributed by atoms with Crippen LogP contribution in [-0.4, -0.2) is 47.8 Å². The van der Waals surface area contributed by atoms with E-state index in [1.54, 1.807) is 19.2 Å². The van der Waals surface area contributed by atoms with E-state index in [9.17, 15) is 9.18 Å². The lowest BCUT2D eigenvalue weighted by Gasteiger charge is -2.25. The van der Waals surface area contributed by atoms with Gasteiger partial charge in [0.05, 0.1) is 5.70 Å². The van der Waals surface area contributed by atoms with Crippen molar-refractivity contribution in [3.05, 3.63) is 47.2 Å². The van der Waals surface area contributed by atoms with Crippen molar-refractivity contribution >= 4 is 28.1 Å². The van der Waals surface area contributed by atoms with Gasteiger partial charge in [-0.15, -0.1) is 0 Å². The van der Waals surface area contributed by atoms with E-state index in [-0.39, 0.29) is 16.7 Å². The zero-order valence-corrected chi connectivity index (χ0v) is 18.5. The van der Waals surface area contributed by atoms with Crippen LogP contribution in [0.5, 0.6) is 0 Å². The van der Waals surface area contributed by atoms with Crippen molar-refractivity contribution in [3.63, 3.8) is 0 Å². The number of amidine groups is 1. The number of amides is 1. The molecule has 8 nitrogen and oxygen atoms in total. The van der Waals surface area contributed by atoms with Crippen molar-refractivity contribution < 1.29 is 9.18 Å². The SMILES string of the molecule is CN=C(/C(=C\N)NC(=O)c1nc(-c2cc(C)ccc2F)sc1N)N1CCCC(N)CC1. The summed E-state index contributed by atoms with van der Waals surface area (Å²) in [6.07, 6.45) is 4.00. The molecule has 0 radical (unpaired) electrons. The van der Waals surface area contributed by atoms with Gasteiger partial charge in [0.2, 0.25) is 0 Å². The van der Waals surface area contributed by atoms with Crippen molar-refractivity contribution in [2.45, 2.75) is 32.2 Å². The average Bonchev–Trinajstić information content (AvgIpc) is 3.01. The molecule has 3 rings (SSSR count). The average molecular weight is 446 g/mol. The van der Waals surface area contributed by atoms with Crippen molar-refractivity contribution in [1.29, 1.82) is 0 Å². The molecular formula is C21H28FN7OS. The lowest BCUT2D eigenvalue weighted by Crippen LogP contribution is -2.40. The highest BCUT2D eigenvalue weighted by Crippen LogP contribution is 2.32. The Bertz CT molecular complexity index is 1020. The summed E-state index contributed by atoms with van der Waals surface area (Å²) >= 11 is 1.06. The van der Waals surface area contributed by atoms with Gasteiger partial charge in [0.15, 0.2) is 5.69 Å². The van der Waals surface area contributed by atoms with Gasteiger partial charge in [-0.1, -0.05) is 23.0 Å². The number of rotatable bonds is 4. The van der Waals surface area contributed by atoms with E-state index in [0.717, 1.165) is 49.3 Å². The summed E-state index contributed by atoms with van der Waals surface area (Å²) in [5.74, 6) is -0.380. The van der Waals surface area contributed by atoms with Crippen LogP contribution in [0.15, 0.2) is 35.1 Å². The van der Waals surface area contributed by atoms with Gasteiger partial charge in [0.1, 0.15) is 21.7 Å². The fourth-order valence-electron chi connectivity index (χ4n) is 3.53. The number of halogens is 1. The Balaban J connectivity index is 1.81. The van der Waals surface area contributed by atoms with Crippen LogP contribution in [0, 0.1) is 12.7 Å². The number of carbonyl (C=O) groups excluding carboxylic acids is 1. The Hall–Kier alpha value is -2.98. The zero-order valence-electron chi connectivity index (χ0n) is 17.7. The molecule has 1 atom stereocenters. The van der Waals surface area contributed by atoms with Crippen LogP contribution in [0.3, 0.4) is 0 Å².